The average molecular weight is 214 g/mol. The van der Waals surface area contributed by atoms with Gasteiger partial charge in [0.25, 0.3) is 0 Å². The van der Waals surface area contributed by atoms with E-state index in [0.717, 1.165) is 0 Å². The monoisotopic (exact) mass is 213 g/mol. The van der Waals surface area contributed by atoms with Gasteiger partial charge < -0.3 is 5.73 Å². The van der Waals surface area contributed by atoms with Crippen LogP contribution in [0.25, 0.3) is 5.65 Å². The van der Waals surface area contributed by atoms with Gasteiger partial charge in [0, 0.05) is 0 Å². The first-order chi connectivity index (χ1) is 5.25. The van der Waals surface area contributed by atoms with Crippen LogP contribution in [-0.4, -0.2) is 19.6 Å². The summed E-state index contributed by atoms with van der Waals surface area (Å²) in [5, 5.41) is 3.89. The van der Waals surface area contributed by atoms with E-state index in [0.29, 0.717) is 10.3 Å². The highest BCUT2D eigenvalue weighted by molar-refractivity contribution is 9.10. The highest BCUT2D eigenvalue weighted by atomic mass is 79.9. The minimum Gasteiger partial charge on any atom is -0.366 e. The number of hydrogen-bond donors (Lipinski definition) is 1. The van der Waals surface area contributed by atoms with Gasteiger partial charge in [0.05, 0.1) is 12.4 Å². The lowest BCUT2D eigenvalue weighted by Gasteiger charge is -1.88. The van der Waals surface area contributed by atoms with E-state index in [4.69, 9.17) is 5.73 Å². The largest absolute Gasteiger partial charge is 0.366 e. The number of nitrogens with zero attached hydrogens (tertiary/aromatic N) is 4. The Morgan fingerprint density at radius 3 is 3.18 bits per heavy atom. The van der Waals surface area contributed by atoms with Crippen molar-refractivity contribution in [2.75, 3.05) is 5.73 Å². The molecule has 5 nitrogen and oxygen atoms in total. The van der Waals surface area contributed by atoms with Crippen LogP contribution in [0.2, 0.25) is 0 Å². The first-order valence-corrected chi connectivity index (χ1v) is 3.68. The van der Waals surface area contributed by atoms with Gasteiger partial charge in [-0.25, -0.2) is 9.50 Å². The van der Waals surface area contributed by atoms with E-state index < -0.39 is 0 Å². The zero-order valence-electron chi connectivity index (χ0n) is 5.40. The van der Waals surface area contributed by atoms with Gasteiger partial charge in [-0.3, -0.25) is 0 Å². The normalized spacial score (nSPS) is 10.6. The Hall–Kier alpha value is -1.17. The van der Waals surface area contributed by atoms with Gasteiger partial charge in [-0.05, 0) is 15.9 Å². The Balaban J connectivity index is 2.82. The molecule has 0 aliphatic carbocycles. The van der Waals surface area contributed by atoms with Crippen LogP contribution < -0.4 is 5.73 Å². The molecule has 0 radical (unpaired) electrons. The van der Waals surface area contributed by atoms with Gasteiger partial charge in [0.2, 0.25) is 5.95 Å². The third-order valence-electron chi connectivity index (χ3n) is 1.21. The second-order valence-electron chi connectivity index (χ2n) is 1.98. The number of nitrogen functional groups attached to an aromatic ring is 1. The Kier molecular flexibility index (Phi) is 1.28. The molecule has 2 aromatic rings. The molecule has 0 amide bonds. The molecule has 0 saturated heterocycles. The number of anilines is 1. The molecule has 0 aliphatic rings. The fourth-order valence-corrected chi connectivity index (χ4v) is 1.09. The maximum Gasteiger partial charge on any atom is 0.240 e. The van der Waals surface area contributed by atoms with Gasteiger partial charge in [0.15, 0.2) is 5.65 Å². The minimum atomic E-state index is 0.255. The molecule has 2 rings (SSSR count). The number of nitrogens with two attached hydrogens (primary N) is 1. The molecule has 2 N–H and O–H groups in total. The summed E-state index contributed by atoms with van der Waals surface area (Å²) >= 11 is 3.20. The molecule has 56 valence electrons. The van der Waals surface area contributed by atoms with Crippen LogP contribution in [0, 0.1) is 0 Å². The molecule has 2 heterocycles. The van der Waals surface area contributed by atoms with Gasteiger partial charge >= 0.3 is 0 Å². The summed E-state index contributed by atoms with van der Waals surface area (Å²) in [6, 6.07) is 0. The van der Waals surface area contributed by atoms with Crippen molar-refractivity contribution < 1.29 is 0 Å². The van der Waals surface area contributed by atoms with Gasteiger partial charge in [0.1, 0.15) is 4.60 Å². The van der Waals surface area contributed by atoms with Gasteiger partial charge in [-0.15, -0.1) is 5.10 Å². The van der Waals surface area contributed by atoms with Gasteiger partial charge in [-0.2, -0.15) is 4.98 Å². The summed E-state index contributed by atoms with van der Waals surface area (Å²) in [6.07, 6.45) is 3.28. The SMILES string of the molecule is Nc1nc2cnc(Br)cn2n1. The van der Waals surface area contributed by atoms with Crippen LogP contribution >= 0.6 is 15.9 Å². The molecule has 2 aromatic heterocycles. The van der Waals surface area contributed by atoms with E-state index in [-0.39, 0.29) is 5.95 Å². The van der Waals surface area contributed by atoms with Crippen molar-refractivity contribution in [1.29, 1.82) is 0 Å². The van der Waals surface area contributed by atoms with Crippen molar-refractivity contribution in [1.82, 2.24) is 19.6 Å². The molecule has 11 heavy (non-hydrogen) atoms. The molecule has 0 aliphatic heterocycles. The second-order valence-corrected chi connectivity index (χ2v) is 2.80. The average Bonchev–Trinajstić information content (AvgIpc) is 2.27. The predicted molar refractivity (Wildman–Crippen MR) is 42.9 cm³/mol. The van der Waals surface area contributed by atoms with Crippen molar-refractivity contribution >= 4 is 27.5 Å². The number of aromatic nitrogens is 4. The van der Waals surface area contributed by atoms with Crippen LogP contribution in [0.4, 0.5) is 5.95 Å². The standard InChI is InChI=1S/C5H4BrN5/c6-3-2-11-4(1-8-3)9-5(7)10-11/h1-2H,(H2,7,10). The highest BCUT2D eigenvalue weighted by Crippen LogP contribution is 2.06. The highest BCUT2D eigenvalue weighted by Gasteiger charge is 1.98. The first-order valence-electron chi connectivity index (χ1n) is 2.89. The summed E-state index contributed by atoms with van der Waals surface area (Å²) in [5.41, 5.74) is 6.00. The molecule has 0 bridgehead atoms. The van der Waals surface area contributed by atoms with E-state index in [1.165, 1.54) is 0 Å². The van der Waals surface area contributed by atoms with E-state index >= 15 is 0 Å². The van der Waals surface area contributed by atoms with Crippen LogP contribution in [0.1, 0.15) is 0 Å². The fraction of sp³-hybridized carbons (Fsp3) is 0. The molecule has 0 spiro atoms. The summed E-state index contributed by atoms with van der Waals surface area (Å²) in [5.74, 6) is 0.255. The summed E-state index contributed by atoms with van der Waals surface area (Å²) in [7, 11) is 0. The molecule has 0 atom stereocenters. The van der Waals surface area contributed by atoms with Crippen LogP contribution in [-0.2, 0) is 0 Å². The third kappa shape index (κ3) is 1.05. The van der Waals surface area contributed by atoms with Gasteiger partial charge in [-0.1, -0.05) is 0 Å². The number of halogens is 1. The zero-order valence-corrected chi connectivity index (χ0v) is 6.98. The summed E-state index contributed by atoms with van der Waals surface area (Å²) in [6.45, 7) is 0. The van der Waals surface area contributed by atoms with Crippen LogP contribution in [0.5, 0.6) is 0 Å². The Labute approximate surface area is 70.4 Å². The van der Waals surface area contributed by atoms with Crippen LogP contribution in [0.15, 0.2) is 17.0 Å². The molecule has 0 unspecified atom stereocenters. The smallest absolute Gasteiger partial charge is 0.240 e. The van der Waals surface area contributed by atoms with Crippen LogP contribution in [0.3, 0.4) is 0 Å². The minimum absolute atomic E-state index is 0.255. The quantitative estimate of drug-likeness (QED) is 0.691. The van der Waals surface area contributed by atoms with Crippen molar-refractivity contribution in [2.45, 2.75) is 0 Å². The van der Waals surface area contributed by atoms with E-state index in [2.05, 4.69) is 31.0 Å². The lowest BCUT2D eigenvalue weighted by Crippen LogP contribution is -1.89. The molecule has 0 saturated carbocycles. The third-order valence-corrected chi connectivity index (χ3v) is 1.62. The second kappa shape index (κ2) is 2.16. The number of rotatable bonds is 0. The lowest BCUT2D eigenvalue weighted by atomic mass is 10.7. The van der Waals surface area contributed by atoms with E-state index in [1.54, 1.807) is 16.9 Å². The molecular weight excluding hydrogens is 210 g/mol. The van der Waals surface area contributed by atoms with Crippen molar-refractivity contribution in [3.8, 4) is 0 Å². The Morgan fingerprint density at radius 2 is 2.36 bits per heavy atom. The number of hydrogen-bond acceptors (Lipinski definition) is 4. The fourth-order valence-electron chi connectivity index (χ4n) is 0.789. The maximum absolute atomic E-state index is 5.35. The first kappa shape index (κ1) is 6.53. The summed E-state index contributed by atoms with van der Waals surface area (Å²) in [4.78, 5) is 7.86. The van der Waals surface area contributed by atoms with Crippen molar-refractivity contribution in [2.24, 2.45) is 0 Å². The molecular formula is C5H4BrN5. The molecule has 0 fully saturated rings. The topological polar surface area (TPSA) is 69.1 Å². The lowest BCUT2D eigenvalue weighted by molar-refractivity contribution is 0.942. The summed E-state index contributed by atoms with van der Waals surface area (Å²) < 4.78 is 2.27. The number of fused-ring (bicyclic) bond motifs is 1. The zero-order chi connectivity index (χ0) is 7.84. The molecule has 6 heteroatoms. The Bertz CT molecular complexity index is 395. The van der Waals surface area contributed by atoms with E-state index in [1.807, 2.05) is 0 Å². The maximum atomic E-state index is 5.35. The van der Waals surface area contributed by atoms with Crippen molar-refractivity contribution in [3.63, 3.8) is 0 Å². The Morgan fingerprint density at radius 1 is 1.55 bits per heavy atom. The van der Waals surface area contributed by atoms with E-state index in [9.17, 15) is 0 Å². The van der Waals surface area contributed by atoms with Crippen molar-refractivity contribution in [3.05, 3.63) is 17.0 Å². The molecule has 0 aromatic carbocycles. The predicted octanol–water partition coefficient (Wildman–Crippen LogP) is 0.469.